The SMILES string of the molecule is Cc1ccc(F)cc1NC(=O)C1CCCN1. The summed E-state index contributed by atoms with van der Waals surface area (Å²) < 4.78 is 13.0. The van der Waals surface area contributed by atoms with Crippen LogP contribution in [-0.4, -0.2) is 18.5 Å². The lowest BCUT2D eigenvalue weighted by atomic mass is 10.1. The van der Waals surface area contributed by atoms with Crippen LogP contribution in [0, 0.1) is 12.7 Å². The summed E-state index contributed by atoms with van der Waals surface area (Å²) in [4.78, 5) is 11.8. The summed E-state index contributed by atoms with van der Waals surface area (Å²) in [5.41, 5.74) is 1.42. The van der Waals surface area contributed by atoms with Gasteiger partial charge >= 0.3 is 0 Å². The van der Waals surface area contributed by atoms with E-state index < -0.39 is 0 Å². The number of anilines is 1. The Hall–Kier alpha value is -1.42. The molecule has 1 atom stereocenters. The van der Waals surface area contributed by atoms with Crippen LogP contribution in [0.1, 0.15) is 18.4 Å². The van der Waals surface area contributed by atoms with Gasteiger partial charge in [0.15, 0.2) is 0 Å². The van der Waals surface area contributed by atoms with Crippen molar-refractivity contribution in [1.29, 1.82) is 0 Å². The van der Waals surface area contributed by atoms with Crippen molar-refractivity contribution in [3.05, 3.63) is 29.6 Å². The highest BCUT2D eigenvalue weighted by molar-refractivity contribution is 5.95. The van der Waals surface area contributed by atoms with Gasteiger partial charge in [0.1, 0.15) is 5.82 Å². The van der Waals surface area contributed by atoms with Crippen LogP contribution in [-0.2, 0) is 4.79 Å². The van der Waals surface area contributed by atoms with Crippen LogP contribution in [0.5, 0.6) is 0 Å². The predicted molar refractivity (Wildman–Crippen MR) is 60.8 cm³/mol. The number of hydrogen-bond donors (Lipinski definition) is 2. The highest BCUT2D eigenvalue weighted by Crippen LogP contribution is 2.17. The van der Waals surface area contributed by atoms with Gasteiger partial charge in [0.2, 0.25) is 5.91 Å². The first-order valence-electron chi connectivity index (χ1n) is 5.47. The Morgan fingerprint density at radius 2 is 2.38 bits per heavy atom. The molecule has 2 N–H and O–H groups in total. The smallest absolute Gasteiger partial charge is 0.241 e. The fourth-order valence-corrected chi connectivity index (χ4v) is 1.86. The normalized spacial score (nSPS) is 19.8. The standard InChI is InChI=1S/C12H15FN2O/c1-8-4-5-9(13)7-11(8)15-12(16)10-3-2-6-14-10/h4-5,7,10,14H,2-3,6H2,1H3,(H,15,16). The molecular formula is C12H15FN2O. The van der Waals surface area contributed by atoms with Crippen LogP contribution in [0.4, 0.5) is 10.1 Å². The second-order valence-electron chi connectivity index (χ2n) is 4.10. The van der Waals surface area contributed by atoms with Crippen molar-refractivity contribution in [3.8, 4) is 0 Å². The molecule has 0 aromatic heterocycles. The second kappa shape index (κ2) is 4.61. The average molecular weight is 222 g/mol. The Morgan fingerprint density at radius 1 is 1.56 bits per heavy atom. The van der Waals surface area contributed by atoms with Gasteiger partial charge in [-0.1, -0.05) is 6.07 Å². The van der Waals surface area contributed by atoms with E-state index in [1.54, 1.807) is 6.07 Å². The minimum Gasteiger partial charge on any atom is -0.324 e. The Kier molecular flexibility index (Phi) is 3.19. The van der Waals surface area contributed by atoms with Gasteiger partial charge in [-0.15, -0.1) is 0 Å². The van der Waals surface area contributed by atoms with Crippen molar-refractivity contribution in [3.63, 3.8) is 0 Å². The summed E-state index contributed by atoms with van der Waals surface area (Å²) in [5, 5.41) is 5.86. The molecule has 0 radical (unpaired) electrons. The van der Waals surface area contributed by atoms with Crippen molar-refractivity contribution in [1.82, 2.24) is 5.32 Å². The van der Waals surface area contributed by atoms with Gasteiger partial charge in [0, 0.05) is 5.69 Å². The van der Waals surface area contributed by atoms with Crippen LogP contribution in [0.15, 0.2) is 18.2 Å². The predicted octanol–water partition coefficient (Wildman–Crippen LogP) is 1.82. The van der Waals surface area contributed by atoms with Crippen LogP contribution in [0.25, 0.3) is 0 Å². The van der Waals surface area contributed by atoms with Crippen LogP contribution in [0.2, 0.25) is 0 Å². The molecule has 2 rings (SSSR count). The number of rotatable bonds is 2. The van der Waals surface area contributed by atoms with Gasteiger partial charge in [0.25, 0.3) is 0 Å². The summed E-state index contributed by atoms with van der Waals surface area (Å²) in [6.45, 7) is 2.72. The molecule has 1 aromatic rings. The molecule has 1 aliphatic rings. The van der Waals surface area contributed by atoms with Gasteiger partial charge in [-0.05, 0) is 44.0 Å². The zero-order chi connectivity index (χ0) is 11.5. The summed E-state index contributed by atoms with van der Waals surface area (Å²) in [7, 11) is 0. The molecule has 4 heteroatoms. The molecule has 16 heavy (non-hydrogen) atoms. The molecule has 1 unspecified atom stereocenters. The third-order valence-corrected chi connectivity index (χ3v) is 2.83. The maximum Gasteiger partial charge on any atom is 0.241 e. The number of aryl methyl sites for hydroxylation is 1. The van der Waals surface area contributed by atoms with E-state index in [1.807, 2.05) is 6.92 Å². The minimum absolute atomic E-state index is 0.0776. The van der Waals surface area contributed by atoms with E-state index in [0.29, 0.717) is 5.69 Å². The van der Waals surface area contributed by atoms with Gasteiger partial charge in [0.05, 0.1) is 6.04 Å². The van der Waals surface area contributed by atoms with Crippen molar-refractivity contribution in [2.75, 3.05) is 11.9 Å². The summed E-state index contributed by atoms with van der Waals surface area (Å²) in [6.07, 6.45) is 1.86. The number of benzene rings is 1. The first-order chi connectivity index (χ1) is 7.66. The zero-order valence-electron chi connectivity index (χ0n) is 9.22. The minimum atomic E-state index is -0.333. The largest absolute Gasteiger partial charge is 0.324 e. The molecule has 1 saturated heterocycles. The Labute approximate surface area is 94.0 Å². The molecule has 1 heterocycles. The van der Waals surface area contributed by atoms with Crippen molar-refractivity contribution in [2.24, 2.45) is 0 Å². The van der Waals surface area contributed by atoms with Crippen LogP contribution < -0.4 is 10.6 Å². The maximum atomic E-state index is 13.0. The third kappa shape index (κ3) is 2.39. The second-order valence-corrected chi connectivity index (χ2v) is 4.10. The van der Waals surface area contributed by atoms with Crippen molar-refractivity contribution in [2.45, 2.75) is 25.8 Å². The molecule has 3 nitrogen and oxygen atoms in total. The van der Waals surface area contributed by atoms with Gasteiger partial charge < -0.3 is 10.6 Å². The highest BCUT2D eigenvalue weighted by Gasteiger charge is 2.22. The Morgan fingerprint density at radius 3 is 3.06 bits per heavy atom. The van der Waals surface area contributed by atoms with E-state index in [9.17, 15) is 9.18 Å². The van der Waals surface area contributed by atoms with E-state index >= 15 is 0 Å². The van der Waals surface area contributed by atoms with E-state index in [2.05, 4.69) is 10.6 Å². The molecule has 86 valence electrons. The van der Waals surface area contributed by atoms with Gasteiger partial charge in [-0.3, -0.25) is 4.79 Å². The summed E-state index contributed by atoms with van der Waals surface area (Å²) >= 11 is 0. The molecule has 1 aromatic carbocycles. The quantitative estimate of drug-likeness (QED) is 0.801. The summed E-state index contributed by atoms with van der Waals surface area (Å²) in [6, 6.07) is 4.26. The maximum absolute atomic E-state index is 13.0. The van der Waals surface area contributed by atoms with E-state index in [0.717, 1.165) is 24.9 Å². The molecule has 0 spiro atoms. The molecule has 1 aliphatic heterocycles. The fraction of sp³-hybridized carbons (Fsp3) is 0.417. The average Bonchev–Trinajstić information content (AvgIpc) is 2.76. The van der Waals surface area contributed by atoms with Gasteiger partial charge in [-0.2, -0.15) is 0 Å². The molecule has 0 saturated carbocycles. The van der Waals surface area contributed by atoms with E-state index in [1.165, 1.54) is 12.1 Å². The lowest BCUT2D eigenvalue weighted by molar-refractivity contribution is -0.117. The topological polar surface area (TPSA) is 41.1 Å². The Balaban J connectivity index is 2.07. The number of hydrogen-bond acceptors (Lipinski definition) is 2. The lowest BCUT2D eigenvalue weighted by Crippen LogP contribution is -2.35. The highest BCUT2D eigenvalue weighted by atomic mass is 19.1. The monoisotopic (exact) mass is 222 g/mol. The molecule has 0 bridgehead atoms. The number of halogens is 1. The molecule has 1 amide bonds. The Bertz CT molecular complexity index is 400. The molecule has 0 aliphatic carbocycles. The summed E-state index contributed by atoms with van der Waals surface area (Å²) in [5.74, 6) is -0.411. The third-order valence-electron chi connectivity index (χ3n) is 2.83. The number of amides is 1. The van der Waals surface area contributed by atoms with Crippen LogP contribution >= 0.6 is 0 Å². The molecular weight excluding hydrogens is 207 g/mol. The first kappa shape index (κ1) is 11.1. The molecule has 1 fully saturated rings. The number of nitrogens with one attached hydrogen (secondary N) is 2. The van der Waals surface area contributed by atoms with E-state index in [4.69, 9.17) is 0 Å². The van der Waals surface area contributed by atoms with Gasteiger partial charge in [-0.25, -0.2) is 4.39 Å². The first-order valence-corrected chi connectivity index (χ1v) is 5.47. The fourth-order valence-electron chi connectivity index (χ4n) is 1.86. The van der Waals surface area contributed by atoms with Crippen molar-refractivity contribution < 1.29 is 9.18 Å². The van der Waals surface area contributed by atoms with Crippen LogP contribution in [0.3, 0.4) is 0 Å². The lowest BCUT2D eigenvalue weighted by Gasteiger charge is -2.12. The number of carbonyl (C=O) groups is 1. The number of carbonyl (C=O) groups excluding carboxylic acids is 1. The zero-order valence-corrected chi connectivity index (χ0v) is 9.22. The van der Waals surface area contributed by atoms with Crippen molar-refractivity contribution >= 4 is 11.6 Å². The van der Waals surface area contributed by atoms with E-state index in [-0.39, 0.29) is 17.8 Å².